The van der Waals surface area contributed by atoms with Crippen LogP contribution in [0.5, 0.6) is 0 Å². The van der Waals surface area contributed by atoms with Crippen LogP contribution in [0, 0.1) is 19.4 Å². The Balaban J connectivity index is 2.55. The van der Waals surface area contributed by atoms with Crippen molar-refractivity contribution in [2.45, 2.75) is 24.5 Å². The minimum atomic E-state index is -3.69. The van der Waals surface area contributed by atoms with Gasteiger partial charge in [0.25, 0.3) is 0 Å². The number of benzene rings is 2. The van der Waals surface area contributed by atoms with Gasteiger partial charge in [0.15, 0.2) is 9.84 Å². The Kier molecular flexibility index (Phi) is 5.30. The number of anilines is 1. The Hall–Kier alpha value is -1.92. The summed E-state index contributed by atoms with van der Waals surface area (Å²) in [7, 11) is -0.0461. The maximum atomic E-state index is 12.9. The fourth-order valence-electron chi connectivity index (χ4n) is 2.55. The predicted molar refractivity (Wildman–Crippen MR) is 97.4 cm³/mol. The molecule has 0 aromatic heterocycles. The van der Waals surface area contributed by atoms with Crippen molar-refractivity contribution < 1.29 is 8.42 Å². The normalized spacial score (nSPS) is 11.4. The van der Waals surface area contributed by atoms with E-state index in [1.807, 2.05) is 34.0 Å². The molecule has 0 saturated carbocycles. The number of halogens is 1. The Morgan fingerprint density at radius 3 is 2.42 bits per heavy atom. The molecule has 2 rings (SSSR count). The molecule has 0 unspecified atom stereocenters. The van der Waals surface area contributed by atoms with Gasteiger partial charge in [-0.2, -0.15) is 5.11 Å². The molecule has 0 aliphatic rings. The molecule has 5 nitrogen and oxygen atoms in total. The molecule has 0 spiro atoms. The second kappa shape index (κ2) is 6.91. The number of nitrogens with zero attached hydrogens (tertiary/aromatic N) is 2. The van der Waals surface area contributed by atoms with Crippen molar-refractivity contribution in [3.63, 3.8) is 0 Å². The highest BCUT2D eigenvalue weighted by Crippen LogP contribution is 2.33. The predicted octanol–water partition coefficient (Wildman–Crippen LogP) is 4.66. The van der Waals surface area contributed by atoms with Crippen LogP contribution >= 0.6 is 11.6 Å². The number of hydrogen-bond donors (Lipinski definition) is 1. The maximum Gasteiger partial charge on any atom is 0.184 e. The van der Waals surface area contributed by atoms with E-state index >= 15 is 0 Å². The first kappa shape index (κ1) is 18.4. The first-order valence-corrected chi connectivity index (χ1v) is 9.36. The van der Waals surface area contributed by atoms with Crippen molar-refractivity contribution >= 4 is 32.8 Å². The molecule has 0 amide bonds. The van der Waals surface area contributed by atoms with E-state index in [2.05, 4.69) is 5.11 Å². The fraction of sp³-hybridized carbons (Fsp3) is 0.294. The lowest BCUT2D eigenvalue weighted by Gasteiger charge is -2.16. The molecule has 0 aliphatic carbocycles. The largest absolute Gasteiger partial charge is 0.378 e. The summed E-state index contributed by atoms with van der Waals surface area (Å²) in [6, 6.07) is 8.50. The van der Waals surface area contributed by atoms with Crippen LogP contribution in [0.2, 0.25) is 5.02 Å². The third kappa shape index (κ3) is 3.76. The molecule has 7 heteroatoms. The smallest absolute Gasteiger partial charge is 0.184 e. The van der Waals surface area contributed by atoms with E-state index in [0.717, 1.165) is 16.8 Å². The van der Waals surface area contributed by atoms with Gasteiger partial charge in [-0.05, 0) is 43.2 Å². The highest BCUT2D eigenvalue weighted by molar-refractivity contribution is 7.90. The van der Waals surface area contributed by atoms with Gasteiger partial charge in [-0.3, -0.25) is 0 Å². The van der Waals surface area contributed by atoms with Crippen LogP contribution in [0.1, 0.15) is 16.7 Å². The topological polar surface area (TPSA) is 73.6 Å². The molecule has 128 valence electrons. The molecule has 24 heavy (non-hydrogen) atoms. The summed E-state index contributed by atoms with van der Waals surface area (Å²) in [5, 5.41) is 3.81. The highest BCUT2D eigenvalue weighted by Gasteiger charge is 2.22. The second-order valence-electron chi connectivity index (χ2n) is 5.97. The summed E-state index contributed by atoms with van der Waals surface area (Å²) >= 11 is 6.28. The van der Waals surface area contributed by atoms with E-state index < -0.39 is 9.84 Å². The molecule has 0 aliphatic heterocycles. The molecule has 0 saturated heterocycles. The zero-order valence-electron chi connectivity index (χ0n) is 14.1. The summed E-state index contributed by atoms with van der Waals surface area (Å²) in [6.45, 7) is 3.75. The van der Waals surface area contributed by atoms with Crippen molar-refractivity contribution in [1.82, 2.24) is 0 Å². The molecular weight excluding hydrogens is 346 g/mol. The fourth-order valence-corrected chi connectivity index (χ4v) is 4.33. The minimum absolute atomic E-state index is 0.0407. The van der Waals surface area contributed by atoms with Crippen LogP contribution < -0.4 is 4.90 Å². The van der Waals surface area contributed by atoms with Crippen LogP contribution in [0.15, 0.2) is 40.3 Å². The third-order valence-corrected chi connectivity index (χ3v) is 5.96. The lowest BCUT2D eigenvalue weighted by molar-refractivity contribution is 0.595. The Morgan fingerprint density at radius 2 is 1.83 bits per heavy atom. The Morgan fingerprint density at radius 1 is 1.17 bits per heavy atom. The van der Waals surface area contributed by atoms with E-state index in [0.29, 0.717) is 10.6 Å². The van der Waals surface area contributed by atoms with Crippen LogP contribution in [-0.2, 0) is 15.6 Å². The SMILES string of the molecule is Cc1cc(C)c(Cl)c(CS(=O)(=O)c2cc(N(C)C)ccc2N=N)c1. The summed E-state index contributed by atoms with van der Waals surface area (Å²) in [6.07, 6.45) is 0. The lowest BCUT2D eigenvalue weighted by Crippen LogP contribution is -2.11. The van der Waals surface area contributed by atoms with Gasteiger partial charge in [-0.25, -0.2) is 13.9 Å². The number of rotatable bonds is 5. The van der Waals surface area contributed by atoms with E-state index in [1.165, 1.54) is 6.07 Å². The van der Waals surface area contributed by atoms with E-state index in [-0.39, 0.29) is 16.3 Å². The molecule has 0 heterocycles. The first-order valence-electron chi connectivity index (χ1n) is 7.33. The monoisotopic (exact) mass is 365 g/mol. The van der Waals surface area contributed by atoms with E-state index in [1.54, 1.807) is 23.1 Å². The van der Waals surface area contributed by atoms with Crippen LogP contribution in [0.4, 0.5) is 11.4 Å². The summed E-state index contributed by atoms with van der Waals surface area (Å²) in [5.41, 5.74) is 10.5. The molecule has 1 N–H and O–H groups in total. The molecular formula is C17H20ClN3O2S. The Bertz CT molecular complexity index is 893. The van der Waals surface area contributed by atoms with Gasteiger partial charge in [0.05, 0.1) is 10.6 Å². The van der Waals surface area contributed by atoms with Crippen LogP contribution in [-0.4, -0.2) is 22.5 Å². The van der Waals surface area contributed by atoms with E-state index in [4.69, 9.17) is 17.1 Å². The summed E-state index contributed by atoms with van der Waals surface area (Å²) in [5.74, 6) is -0.228. The van der Waals surface area contributed by atoms with Crippen molar-refractivity contribution in [1.29, 1.82) is 5.53 Å². The van der Waals surface area contributed by atoms with Gasteiger partial charge in [0.2, 0.25) is 0 Å². The average molecular weight is 366 g/mol. The molecule has 0 radical (unpaired) electrons. The van der Waals surface area contributed by atoms with Crippen LogP contribution in [0.3, 0.4) is 0 Å². The van der Waals surface area contributed by atoms with Gasteiger partial charge < -0.3 is 4.90 Å². The molecule has 0 bridgehead atoms. The maximum absolute atomic E-state index is 12.9. The van der Waals surface area contributed by atoms with Gasteiger partial charge >= 0.3 is 0 Å². The molecule has 0 fully saturated rings. The minimum Gasteiger partial charge on any atom is -0.378 e. The number of nitrogens with one attached hydrogen (secondary N) is 1. The standard InChI is InChI=1S/C17H20ClN3O2S/c1-11-7-12(2)17(18)13(8-11)10-24(22,23)16-9-14(21(3)4)5-6-15(16)20-19/h5-9,19H,10H2,1-4H3. The summed E-state index contributed by atoms with van der Waals surface area (Å²) in [4.78, 5) is 1.84. The van der Waals surface area contributed by atoms with Gasteiger partial charge in [0.1, 0.15) is 5.69 Å². The highest BCUT2D eigenvalue weighted by atomic mass is 35.5. The van der Waals surface area contributed by atoms with Crippen LogP contribution in [0.25, 0.3) is 0 Å². The average Bonchev–Trinajstić information content (AvgIpc) is 2.51. The number of hydrogen-bond acceptors (Lipinski definition) is 5. The number of aryl methyl sites for hydroxylation is 2. The van der Waals surface area contributed by atoms with Gasteiger partial charge in [-0.15, -0.1) is 0 Å². The zero-order chi connectivity index (χ0) is 18.1. The van der Waals surface area contributed by atoms with Crippen molar-refractivity contribution in [2.24, 2.45) is 5.11 Å². The first-order chi connectivity index (χ1) is 11.2. The van der Waals surface area contributed by atoms with Crippen molar-refractivity contribution in [3.05, 3.63) is 52.0 Å². The van der Waals surface area contributed by atoms with Crippen molar-refractivity contribution in [3.8, 4) is 0 Å². The number of sulfone groups is 1. The van der Waals surface area contributed by atoms with Crippen molar-refractivity contribution in [2.75, 3.05) is 19.0 Å². The van der Waals surface area contributed by atoms with E-state index in [9.17, 15) is 8.42 Å². The molecule has 2 aromatic rings. The molecule has 2 aromatic carbocycles. The second-order valence-corrected chi connectivity index (χ2v) is 8.31. The van der Waals surface area contributed by atoms with Gasteiger partial charge in [-0.1, -0.05) is 29.3 Å². The quantitative estimate of drug-likeness (QED) is 0.783. The summed E-state index contributed by atoms with van der Waals surface area (Å²) < 4.78 is 25.8. The molecule has 0 atom stereocenters. The zero-order valence-corrected chi connectivity index (χ0v) is 15.7. The Labute approximate surface area is 147 Å². The van der Waals surface area contributed by atoms with Gasteiger partial charge in [0, 0.05) is 24.8 Å². The third-order valence-electron chi connectivity index (χ3n) is 3.74. The lowest BCUT2D eigenvalue weighted by atomic mass is 10.1.